The lowest BCUT2D eigenvalue weighted by Crippen LogP contribution is -2.43. The van der Waals surface area contributed by atoms with Gasteiger partial charge in [0.1, 0.15) is 5.82 Å². The number of aromatic nitrogens is 1. The first-order valence-corrected chi connectivity index (χ1v) is 7.76. The third kappa shape index (κ3) is 3.24. The Hall–Kier alpha value is -1.87. The van der Waals surface area contributed by atoms with E-state index in [1.807, 2.05) is 6.20 Å². The maximum absolute atomic E-state index is 4.65. The Labute approximate surface area is 127 Å². The van der Waals surface area contributed by atoms with Crippen molar-refractivity contribution in [3.8, 4) is 11.1 Å². The maximum Gasteiger partial charge on any atom is 0.128 e. The molecule has 21 heavy (non-hydrogen) atoms. The van der Waals surface area contributed by atoms with Gasteiger partial charge in [-0.15, -0.1) is 0 Å². The fraction of sp³-hybridized carbons (Fsp3) is 0.389. The summed E-state index contributed by atoms with van der Waals surface area (Å²) in [5.41, 5.74) is 3.82. The number of hydrogen-bond acceptors (Lipinski definition) is 3. The second-order valence-electron chi connectivity index (χ2n) is 5.92. The molecule has 0 unspecified atom stereocenters. The first-order chi connectivity index (χ1) is 10.2. The van der Waals surface area contributed by atoms with Crippen molar-refractivity contribution in [3.05, 3.63) is 48.2 Å². The summed E-state index contributed by atoms with van der Waals surface area (Å²) in [6.07, 6.45) is 2.00. The topological polar surface area (TPSA) is 28.2 Å². The number of nitrogens with zero attached hydrogens (tertiary/aromatic N) is 2. The minimum atomic E-state index is 0.554. The summed E-state index contributed by atoms with van der Waals surface area (Å²) in [6, 6.07) is 13.1. The van der Waals surface area contributed by atoms with Gasteiger partial charge in [0.05, 0.1) is 0 Å². The van der Waals surface area contributed by atoms with Crippen LogP contribution in [0.5, 0.6) is 0 Å². The third-order valence-electron chi connectivity index (χ3n) is 4.08. The van der Waals surface area contributed by atoms with Crippen molar-refractivity contribution in [2.75, 3.05) is 31.1 Å². The van der Waals surface area contributed by atoms with Gasteiger partial charge in [0.15, 0.2) is 0 Å². The molecule has 0 bridgehead atoms. The van der Waals surface area contributed by atoms with Crippen LogP contribution in [-0.4, -0.2) is 31.2 Å². The van der Waals surface area contributed by atoms with E-state index < -0.39 is 0 Å². The highest BCUT2D eigenvalue weighted by molar-refractivity contribution is 5.64. The summed E-state index contributed by atoms with van der Waals surface area (Å²) in [5, 5.41) is 3.37. The molecule has 0 spiro atoms. The van der Waals surface area contributed by atoms with Gasteiger partial charge in [-0.05, 0) is 29.2 Å². The highest BCUT2D eigenvalue weighted by Crippen LogP contribution is 2.24. The SMILES string of the molecule is CC(C)c1cccc(-c2ccc(N3CCNCC3)nc2)c1. The molecule has 3 heteroatoms. The average molecular weight is 281 g/mol. The highest BCUT2D eigenvalue weighted by atomic mass is 15.2. The molecule has 1 aliphatic rings. The minimum absolute atomic E-state index is 0.554. The van der Waals surface area contributed by atoms with Crippen LogP contribution in [0.3, 0.4) is 0 Å². The molecule has 2 heterocycles. The lowest BCUT2D eigenvalue weighted by atomic mass is 9.98. The normalized spacial score (nSPS) is 15.5. The number of benzene rings is 1. The Morgan fingerprint density at radius 3 is 2.52 bits per heavy atom. The average Bonchev–Trinajstić information content (AvgIpc) is 2.56. The van der Waals surface area contributed by atoms with E-state index in [2.05, 4.69) is 65.4 Å². The predicted molar refractivity (Wildman–Crippen MR) is 88.8 cm³/mol. The van der Waals surface area contributed by atoms with Crippen molar-refractivity contribution in [1.82, 2.24) is 10.3 Å². The molecule has 0 aliphatic carbocycles. The van der Waals surface area contributed by atoms with Crippen molar-refractivity contribution < 1.29 is 0 Å². The summed E-state index contributed by atoms with van der Waals surface area (Å²) >= 11 is 0. The highest BCUT2D eigenvalue weighted by Gasteiger charge is 2.11. The monoisotopic (exact) mass is 281 g/mol. The van der Waals surface area contributed by atoms with Gasteiger partial charge in [0.25, 0.3) is 0 Å². The standard InChI is InChI=1S/C18H23N3/c1-14(2)15-4-3-5-16(12-15)17-6-7-18(20-13-17)21-10-8-19-9-11-21/h3-7,12-14,19H,8-11H2,1-2H3. The van der Waals surface area contributed by atoms with E-state index >= 15 is 0 Å². The van der Waals surface area contributed by atoms with E-state index in [1.165, 1.54) is 16.7 Å². The van der Waals surface area contributed by atoms with Crippen molar-refractivity contribution in [3.63, 3.8) is 0 Å². The van der Waals surface area contributed by atoms with Crippen molar-refractivity contribution in [2.24, 2.45) is 0 Å². The van der Waals surface area contributed by atoms with Gasteiger partial charge in [-0.25, -0.2) is 4.98 Å². The van der Waals surface area contributed by atoms with Gasteiger partial charge >= 0.3 is 0 Å². The largest absolute Gasteiger partial charge is 0.354 e. The molecule has 3 rings (SSSR count). The van der Waals surface area contributed by atoms with Gasteiger partial charge < -0.3 is 10.2 Å². The van der Waals surface area contributed by atoms with Crippen LogP contribution in [0.4, 0.5) is 5.82 Å². The van der Waals surface area contributed by atoms with E-state index in [1.54, 1.807) is 0 Å². The number of hydrogen-bond donors (Lipinski definition) is 1. The fourth-order valence-corrected chi connectivity index (χ4v) is 2.72. The number of piperazine rings is 1. The number of anilines is 1. The van der Waals surface area contributed by atoms with Gasteiger partial charge in [-0.3, -0.25) is 0 Å². The van der Waals surface area contributed by atoms with Crippen LogP contribution < -0.4 is 10.2 Å². The summed E-state index contributed by atoms with van der Waals surface area (Å²) in [7, 11) is 0. The number of pyridine rings is 1. The summed E-state index contributed by atoms with van der Waals surface area (Å²) in [4.78, 5) is 6.99. The molecule has 3 nitrogen and oxygen atoms in total. The molecule has 1 aliphatic heterocycles. The van der Waals surface area contributed by atoms with Gasteiger partial charge in [0, 0.05) is 37.9 Å². The van der Waals surface area contributed by atoms with Crippen molar-refractivity contribution in [2.45, 2.75) is 19.8 Å². The summed E-state index contributed by atoms with van der Waals surface area (Å²) < 4.78 is 0. The molecule has 1 aromatic heterocycles. The van der Waals surface area contributed by atoms with E-state index in [0.717, 1.165) is 32.0 Å². The van der Waals surface area contributed by atoms with Crippen LogP contribution >= 0.6 is 0 Å². The Bertz CT molecular complexity index is 584. The number of nitrogens with one attached hydrogen (secondary N) is 1. The van der Waals surface area contributed by atoms with Crippen LogP contribution in [0.1, 0.15) is 25.3 Å². The maximum atomic E-state index is 4.65. The van der Waals surface area contributed by atoms with Crippen LogP contribution in [0.15, 0.2) is 42.6 Å². The molecule has 1 fully saturated rings. The Kier molecular flexibility index (Phi) is 4.20. The molecule has 0 amide bonds. The van der Waals surface area contributed by atoms with Crippen LogP contribution in [0, 0.1) is 0 Å². The molecular formula is C18H23N3. The van der Waals surface area contributed by atoms with Gasteiger partial charge in [0.2, 0.25) is 0 Å². The molecule has 0 atom stereocenters. The van der Waals surface area contributed by atoms with Crippen molar-refractivity contribution in [1.29, 1.82) is 0 Å². The van der Waals surface area contributed by atoms with Crippen LogP contribution in [-0.2, 0) is 0 Å². The molecule has 0 saturated carbocycles. The third-order valence-corrected chi connectivity index (χ3v) is 4.08. The Morgan fingerprint density at radius 1 is 1.05 bits per heavy atom. The zero-order valence-electron chi connectivity index (χ0n) is 12.8. The lowest BCUT2D eigenvalue weighted by molar-refractivity contribution is 0.585. The second kappa shape index (κ2) is 6.27. The van der Waals surface area contributed by atoms with E-state index in [-0.39, 0.29) is 0 Å². The van der Waals surface area contributed by atoms with Crippen molar-refractivity contribution >= 4 is 5.82 Å². The van der Waals surface area contributed by atoms with Gasteiger partial charge in [-0.1, -0.05) is 38.1 Å². The second-order valence-corrected chi connectivity index (χ2v) is 5.92. The zero-order valence-corrected chi connectivity index (χ0v) is 12.8. The predicted octanol–water partition coefficient (Wildman–Crippen LogP) is 3.28. The summed E-state index contributed by atoms with van der Waals surface area (Å²) in [5.74, 6) is 1.64. The smallest absolute Gasteiger partial charge is 0.128 e. The molecule has 1 aromatic carbocycles. The molecular weight excluding hydrogens is 258 g/mol. The number of rotatable bonds is 3. The Balaban J connectivity index is 1.81. The molecule has 2 aromatic rings. The van der Waals surface area contributed by atoms with E-state index in [4.69, 9.17) is 0 Å². The molecule has 1 saturated heterocycles. The minimum Gasteiger partial charge on any atom is -0.354 e. The molecule has 110 valence electrons. The van der Waals surface area contributed by atoms with Gasteiger partial charge in [-0.2, -0.15) is 0 Å². The molecule has 1 N–H and O–H groups in total. The quantitative estimate of drug-likeness (QED) is 0.936. The lowest BCUT2D eigenvalue weighted by Gasteiger charge is -2.28. The van der Waals surface area contributed by atoms with Crippen LogP contribution in [0.25, 0.3) is 11.1 Å². The van der Waals surface area contributed by atoms with E-state index in [9.17, 15) is 0 Å². The summed E-state index contributed by atoms with van der Waals surface area (Å²) in [6.45, 7) is 8.61. The fourth-order valence-electron chi connectivity index (χ4n) is 2.72. The Morgan fingerprint density at radius 2 is 1.86 bits per heavy atom. The zero-order chi connectivity index (χ0) is 14.7. The first kappa shape index (κ1) is 14.1. The van der Waals surface area contributed by atoms with Crippen LogP contribution in [0.2, 0.25) is 0 Å². The first-order valence-electron chi connectivity index (χ1n) is 7.76. The van der Waals surface area contributed by atoms with E-state index in [0.29, 0.717) is 5.92 Å². The molecule has 0 radical (unpaired) electrons.